The summed E-state index contributed by atoms with van der Waals surface area (Å²) in [4.78, 5) is 0. The van der Waals surface area contributed by atoms with Crippen molar-refractivity contribution < 1.29 is 22.3 Å². The minimum Gasteiger partial charge on any atom is -0.320 e. The van der Waals surface area contributed by atoms with Crippen LogP contribution in [0.25, 0.3) is 0 Å². The zero-order chi connectivity index (χ0) is 7.83. The van der Waals surface area contributed by atoms with Gasteiger partial charge in [0.15, 0.2) is 0 Å². The molecule has 60 valence electrons. The van der Waals surface area contributed by atoms with Crippen LogP contribution in [0.15, 0.2) is 0 Å². The van der Waals surface area contributed by atoms with Crippen LogP contribution in [0.1, 0.15) is 12.8 Å². The van der Waals surface area contributed by atoms with E-state index in [0.29, 0.717) is 0 Å². The summed E-state index contributed by atoms with van der Waals surface area (Å²) < 4.78 is 52.1. The Bertz CT molecular complexity index is 120. The molecule has 0 aromatic heterocycles. The molecule has 1 heterocycles. The number of hydrogen-bond donors (Lipinski definition) is 0. The summed E-state index contributed by atoms with van der Waals surface area (Å²) in [5.74, 6) is -3.26. The Labute approximate surface area is 55.0 Å². The van der Waals surface area contributed by atoms with Crippen molar-refractivity contribution in [1.82, 2.24) is 0 Å². The summed E-state index contributed by atoms with van der Waals surface area (Å²) in [5.41, 5.74) is 0. The van der Waals surface area contributed by atoms with Crippen molar-refractivity contribution in [3.05, 3.63) is 0 Å². The number of rotatable bonds is 0. The van der Waals surface area contributed by atoms with E-state index in [1.807, 2.05) is 0 Å². The fraction of sp³-hybridized carbons (Fsp3) is 1.00. The molecule has 1 saturated heterocycles. The van der Waals surface area contributed by atoms with Gasteiger partial charge in [-0.1, -0.05) is 0 Å². The molecule has 0 atom stereocenters. The average Bonchev–Trinajstić information content (AvgIpc) is 1.56. The van der Waals surface area contributed by atoms with Crippen molar-refractivity contribution in [3.8, 4) is 0 Å². The lowest BCUT2D eigenvalue weighted by molar-refractivity contribution is -0.302. The van der Waals surface area contributed by atoms with Crippen molar-refractivity contribution in [2.75, 3.05) is 6.61 Å². The summed E-state index contributed by atoms with van der Waals surface area (Å²) >= 11 is 0. The lowest BCUT2D eigenvalue weighted by Crippen LogP contribution is -2.38. The van der Waals surface area contributed by atoms with E-state index in [1.54, 1.807) is 0 Å². The van der Waals surface area contributed by atoms with Gasteiger partial charge in [-0.15, -0.1) is 0 Å². The summed E-state index contributed by atoms with van der Waals surface area (Å²) in [7, 11) is 0. The third kappa shape index (κ3) is 1.83. The molecule has 0 bridgehead atoms. The minimum absolute atomic E-state index is 0.569. The molecular weight excluding hydrogens is 152 g/mol. The predicted molar refractivity (Wildman–Crippen MR) is 25.1 cm³/mol. The number of hydrogen-bond acceptors (Lipinski definition) is 1. The second-order valence-corrected chi connectivity index (χ2v) is 2.27. The van der Waals surface area contributed by atoms with Gasteiger partial charge < -0.3 is 4.74 Å². The molecule has 0 aromatic rings. The molecule has 5 heteroatoms. The third-order valence-corrected chi connectivity index (χ3v) is 1.25. The van der Waals surface area contributed by atoms with Crippen LogP contribution in [-0.4, -0.2) is 18.6 Å². The Morgan fingerprint density at radius 3 is 2.00 bits per heavy atom. The van der Waals surface area contributed by atoms with E-state index < -0.39 is 31.5 Å². The standard InChI is InChI=1S/C5H6F4O/c6-4(7)1-2-10-5(8,9)3-4/h1-3H2. The van der Waals surface area contributed by atoms with Crippen LogP contribution in [0.5, 0.6) is 0 Å². The highest BCUT2D eigenvalue weighted by Gasteiger charge is 2.48. The van der Waals surface area contributed by atoms with Crippen LogP contribution in [0.3, 0.4) is 0 Å². The maximum absolute atomic E-state index is 12.1. The van der Waals surface area contributed by atoms with Crippen LogP contribution in [0.2, 0.25) is 0 Å². The number of ether oxygens (including phenoxy) is 1. The molecule has 10 heavy (non-hydrogen) atoms. The van der Waals surface area contributed by atoms with E-state index >= 15 is 0 Å². The van der Waals surface area contributed by atoms with Crippen molar-refractivity contribution in [2.24, 2.45) is 0 Å². The van der Waals surface area contributed by atoms with Gasteiger partial charge in [0, 0.05) is 6.42 Å². The van der Waals surface area contributed by atoms with Gasteiger partial charge in [-0.3, -0.25) is 0 Å². The van der Waals surface area contributed by atoms with E-state index in [0.717, 1.165) is 0 Å². The summed E-state index contributed by atoms with van der Waals surface area (Å²) in [6, 6.07) is 0. The minimum atomic E-state index is -3.64. The van der Waals surface area contributed by atoms with Crippen molar-refractivity contribution in [2.45, 2.75) is 24.9 Å². The molecule has 0 saturated carbocycles. The molecule has 0 N–H and O–H groups in total. The van der Waals surface area contributed by atoms with Crippen molar-refractivity contribution in [1.29, 1.82) is 0 Å². The molecule has 0 aliphatic carbocycles. The average molecular weight is 158 g/mol. The first-order chi connectivity index (χ1) is 4.41. The molecule has 1 aliphatic heterocycles. The quantitative estimate of drug-likeness (QED) is 0.490. The molecule has 0 amide bonds. The van der Waals surface area contributed by atoms with Gasteiger partial charge in [-0.2, -0.15) is 8.78 Å². The van der Waals surface area contributed by atoms with Gasteiger partial charge in [0.1, 0.15) is 6.42 Å². The molecule has 1 rings (SSSR count). The van der Waals surface area contributed by atoms with Crippen molar-refractivity contribution in [3.63, 3.8) is 0 Å². The van der Waals surface area contributed by atoms with E-state index in [1.165, 1.54) is 0 Å². The van der Waals surface area contributed by atoms with E-state index in [2.05, 4.69) is 4.74 Å². The van der Waals surface area contributed by atoms with Gasteiger partial charge in [-0.05, 0) is 0 Å². The number of alkyl halides is 4. The molecular formula is C5H6F4O. The maximum Gasteiger partial charge on any atom is 0.361 e. The highest BCUT2D eigenvalue weighted by molar-refractivity contribution is 4.75. The van der Waals surface area contributed by atoms with Crippen LogP contribution in [-0.2, 0) is 4.74 Å². The van der Waals surface area contributed by atoms with Crippen LogP contribution in [0.4, 0.5) is 17.6 Å². The largest absolute Gasteiger partial charge is 0.361 e. The maximum atomic E-state index is 12.1. The highest BCUT2D eigenvalue weighted by Crippen LogP contribution is 2.37. The Morgan fingerprint density at radius 1 is 1.10 bits per heavy atom. The smallest absolute Gasteiger partial charge is 0.320 e. The van der Waals surface area contributed by atoms with Gasteiger partial charge in [0.2, 0.25) is 0 Å². The van der Waals surface area contributed by atoms with Gasteiger partial charge in [-0.25, -0.2) is 8.78 Å². The van der Waals surface area contributed by atoms with Crippen LogP contribution >= 0.6 is 0 Å². The van der Waals surface area contributed by atoms with E-state index in [-0.39, 0.29) is 0 Å². The first-order valence-electron chi connectivity index (χ1n) is 2.81. The molecule has 1 fully saturated rings. The fourth-order valence-corrected chi connectivity index (χ4v) is 0.790. The molecule has 1 nitrogen and oxygen atoms in total. The second-order valence-electron chi connectivity index (χ2n) is 2.27. The highest BCUT2D eigenvalue weighted by atomic mass is 19.3. The topological polar surface area (TPSA) is 9.23 Å². The summed E-state index contributed by atoms with van der Waals surface area (Å²) in [5, 5.41) is 0. The lowest BCUT2D eigenvalue weighted by Gasteiger charge is -2.28. The molecule has 0 unspecified atom stereocenters. The van der Waals surface area contributed by atoms with E-state index in [4.69, 9.17) is 0 Å². The SMILES string of the molecule is FC1(F)CCOC(F)(F)C1. The Morgan fingerprint density at radius 2 is 1.70 bits per heavy atom. The molecule has 0 aromatic carbocycles. The fourth-order valence-electron chi connectivity index (χ4n) is 0.790. The molecule has 1 aliphatic rings. The Kier molecular flexibility index (Phi) is 1.62. The zero-order valence-electron chi connectivity index (χ0n) is 5.04. The summed E-state index contributed by atoms with van der Waals surface area (Å²) in [6.07, 6.45) is -5.73. The predicted octanol–water partition coefficient (Wildman–Crippen LogP) is 2.02. The third-order valence-electron chi connectivity index (χ3n) is 1.25. The molecule has 0 radical (unpaired) electrons. The zero-order valence-corrected chi connectivity index (χ0v) is 5.04. The first kappa shape index (κ1) is 7.78. The van der Waals surface area contributed by atoms with Gasteiger partial charge >= 0.3 is 6.11 Å². The van der Waals surface area contributed by atoms with E-state index in [9.17, 15) is 17.6 Å². The van der Waals surface area contributed by atoms with Crippen molar-refractivity contribution >= 4 is 0 Å². The Hall–Kier alpha value is -0.320. The number of halogens is 4. The van der Waals surface area contributed by atoms with Gasteiger partial charge in [0.25, 0.3) is 5.92 Å². The Balaban J connectivity index is 2.56. The van der Waals surface area contributed by atoms with Gasteiger partial charge in [0.05, 0.1) is 6.61 Å². The lowest BCUT2D eigenvalue weighted by atomic mass is 10.1. The van der Waals surface area contributed by atoms with Crippen LogP contribution in [0, 0.1) is 0 Å². The summed E-state index contributed by atoms with van der Waals surface area (Å²) in [6.45, 7) is -0.569. The van der Waals surface area contributed by atoms with Crippen LogP contribution < -0.4 is 0 Å². The monoisotopic (exact) mass is 158 g/mol. The molecule has 0 spiro atoms. The first-order valence-corrected chi connectivity index (χ1v) is 2.81. The normalized spacial score (nSPS) is 30.0. The second kappa shape index (κ2) is 2.08.